The summed E-state index contributed by atoms with van der Waals surface area (Å²) in [5.41, 5.74) is 7.71. The minimum Gasteiger partial charge on any atom is -0.327 e. The van der Waals surface area contributed by atoms with Gasteiger partial charge in [0.15, 0.2) is 0 Å². The topological polar surface area (TPSA) is 43.8 Å². The molecule has 2 aliphatic carbocycles. The Morgan fingerprint density at radius 2 is 1.95 bits per heavy atom. The Morgan fingerprint density at radius 1 is 1.19 bits per heavy atom. The third-order valence-electron chi connectivity index (χ3n) is 5.82. The van der Waals surface area contributed by atoms with Crippen LogP contribution in [0.5, 0.6) is 0 Å². The van der Waals surface area contributed by atoms with Crippen LogP contribution in [0.25, 0.3) is 0 Å². The Bertz CT molecular complexity index is 451. The maximum absolute atomic E-state index is 6.54. The standard InChI is InChI=1S/C18H31N3/c1-13(2)21-10-9-17(20-21)12-18(19)16-8-7-14-5-3-4-6-15(14)11-16/h9-10,13-16,18H,3-8,11-12,19H2,1-2H3. The Labute approximate surface area is 129 Å². The van der Waals surface area contributed by atoms with Crippen molar-refractivity contribution in [1.82, 2.24) is 9.78 Å². The summed E-state index contributed by atoms with van der Waals surface area (Å²) in [6.45, 7) is 4.34. The van der Waals surface area contributed by atoms with E-state index >= 15 is 0 Å². The number of nitrogens with two attached hydrogens (primary N) is 1. The fourth-order valence-corrected chi connectivity index (χ4v) is 4.48. The summed E-state index contributed by atoms with van der Waals surface area (Å²) in [5.74, 6) is 2.70. The summed E-state index contributed by atoms with van der Waals surface area (Å²) >= 11 is 0. The Hall–Kier alpha value is -0.830. The summed E-state index contributed by atoms with van der Waals surface area (Å²) < 4.78 is 2.04. The lowest BCUT2D eigenvalue weighted by Gasteiger charge is -2.41. The molecular weight excluding hydrogens is 258 g/mol. The molecule has 2 fully saturated rings. The molecule has 3 rings (SSSR count). The molecule has 1 aromatic heterocycles. The highest BCUT2D eigenvalue weighted by Crippen LogP contribution is 2.43. The maximum Gasteiger partial charge on any atom is 0.0640 e. The van der Waals surface area contributed by atoms with Gasteiger partial charge >= 0.3 is 0 Å². The highest BCUT2D eigenvalue weighted by atomic mass is 15.3. The van der Waals surface area contributed by atoms with Crippen molar-refractivity contribution in [3.8, 4) is 0 Å². The molecule has 3 nitrogen and oxygen atoms in total. The fraction of sp³-hybridized carbons (Fsp3) is 0.833. The molecule has 3 heteroatoms. The van der Waals surface area contributed by atoms with Crippen molar-refractivity contribution in [3.05, 3.63) is 18.0 Å². The number of hydrogen-bond acceptors (Lipinski definition) is 2. The van der Waals surface area contributed by atoms with Crippen molar-refractivity contribution in [2.75, 3.05) is 0 Å². The van der Waals surface area contributed by atoms with E-state index in [-0.39, 0.29) is 0 Å². The van der Waals surface area contributed by atoms with Gasteiger partial charge in [-0.15, -0.1) is 0 Å². The van der Waals surface area contributed by atoms with Gasteiger partial charge in [0.25, 0.3) is 0 Å². The van der Waals surface area contributed by atoms with Crippen molar-refractivity contribution >= 4 is 0 Å². The van der Waals surface area contributed by atoms with Gasteiger partial charge in [0.1, 0.15) is 0 Å². The summed E-state index contributed by atoms with van der Waals surface area (Å²) in [6.07, 6.45) is 13.0. The molecule has 0 bridgehead atoms. The molecule has 1 aromatic rings. The second-order valence-electron chi connectivity index (χ2n) is 7.63. The number of hydrogen-bond donors (Lipinski definition) is 1. The first-order valence-corrected chi connectivity index (χ1v) is 8.93. The van der Waals surface area contributed by atoms with Gasteiger partial charge in [-0.2, -0.15) is 5.10 Å². The van der Waals surface area contributed by atoms with Crippen molar-refractivity contribution < 1.29 is 0 Å². The van der Waals surface area contributed by atoms with Gasteiger partial charge in [-0.05, 0) is 56.9 Å². The van der Waals surface area contributed by atoms with Gasteiger partial charge in [0, 0.05) is 24.7 Å². The SMILES string of the molecule is CC(C)n1ccc(CC(N)C2CCC3CCCCC3C2)n1. The molecule has 118 valence electrons. The third-order valence-corrected chi connectivity index (χ3v) is 5.82. The van der Waals surface area contributed by atoms with E-state index in [4.69, 9.17) is 5.73 Å². The number of fused-ring (bicyclic) bond motifs is 1. The van der Waals surface area contributed by atoms with Crippen LogP contribution in [0.1, 0.15) is 70.5 Å². The second-order valence-corrected chi connectivity index (χ2v) is 7.63. The molecule has 0 saturated heterocycles. The van der Waals surface area contributed by atoms with Crippen molar-refractivity contribution in [3.63, 3.8) is 0 Å². The van der Waals surface area contributed by atoms with Crippen LogP contribution in [-0.4, -0.2) is 15.8 Å². The van der Waals surface area contributed by atoms with E-state index in [0.717, 1.165) is 18.3 Å². The fourth-order valence-electron chi connectivity index (χ4n) is 4.48. The predicted octanol–water partition coefficient (Wildman–Crippen LogP) is 3.94. The molecule has 2 aliphatic rings. The lowest BCUT2D eigenvalue weighted by Crippen LogP contribution is -2.39. The Morgan fingerprint density at radius 3 is 2.67 bits per heavy atom. The largest absolute Gasteiger partial charge is 0.327 e. The predicted molar refractivity (Wildman–Crippen MR) is 87.1 cm³/mol. The highest BCUT2D eigenvalue weighted by molar-refractivity contribution is 5.03. The van der Waals surface area contributed by atoms with E-state index < -0.39 is 0 Å². The van der Waals surface area contributed by atoms with E-state index in [1.54, 1.807) is 0 Å². The van der Waals surface area contributed by atoms with Crippen LogP contribution in [0.2, 0.25) is 0 Å². The van der Waals surface area contributed by atoms with E-state index in [1.807, 2.05) is 4.68 Å². The molecule has 21 heavy (non-hydrogen) atoms. The summed E-state index contributed by atoms with van der Waals surface area (Å²) in [5, 5.41) is 4.66. The molecule has 0 aliphatic heterocycles. The average Bonchev–Trinajstić information content (AvgIpc) is 2.95. The zero-order chi connectivity index (χ0) is 14.8. The molecule has 0 spiro atoms. The van der Waals surface area contributed by atoms with Gasteiger partial charge in [0.05, 0.1) is 5.69 Å². The molecule has 0 aromatic carbocycles. The Kier molecular flexibility index (Phi) is 4.68. The van der Waals surface area contributed by atoms with Crippen LogP contribution in [0.3, 0.4) is 0 Å². The van der Waals surface area contributed by atoms with E-state index in [1.165, 1.54) is 50.6 Å². The molecular formula is C18H31N3. The van der Waals surface area contributed by atoms with Crippen molar-refractivity contribution in [2.24, 2.45) is 23.5 Å². The minimum atomic E-state index is 0.295. The normalized spacial score (nSPS) is 31.1. The van der Waals surface area contributed by atoms with Crippen LogP contribution < -0.4 is 5.73 Å². The first kappa shape index (κ1) is 15.1. The lowest BCUT2D eigenvalue weighted by molar-refractivity contribution is 0.117. The Balaban J connectivity index is 1.56. The van der Waals surface area contributed by atoms with Crippen LogP contribution in [0, 0.1) is 17.8 Å². The number of rotatable bonds is 4. The van der Waals surface area contributed by atoms with Crippen LogP contribution in [0.15, 0.2) is 12.3 Å². The smallest absolute Gasteiger partial charge is 0.0640 e. The lowest BCUT2D eigenvalue weighted by atomic mass is 9.66. The van der Waals surface area contributed by atoms with Gasteiger partial charge in [-0.1, -0.05) is 25.7 Å². The molecule has 2 saturated carbocycles. The van der Waals surface area contributed by atoms with Gasteiger partial charge in [-0.25, -0.2) is 0 Å². The monoisotopic (exact) mass is 289 g/mol. The summed E-state index contributed by atoms with van der Waals surface area (Å²) in [4.78, 5) is 0. The molecule has 4 atom stereocenters. The first-order chi connectivity index (χ1) is 10.1. The maximum atomic E-state index is 6.54. The van der Waals surface area contributed by atoms with E-state index in [9.17, 15) is 0 Å². The van der Waals surface area contributed by atoms with Crippen molar-refractivity contribution in [2.45, 2.75) is 77.3 Å². The van der Waals surface area contributed by atoms with Gasteiger partial charge < -0.3 is 5.73 Å². The summed E-state index contributed by atoms with van der Waals surface area (Å²) in [7, 11) is 0. The third kappa shape index (κ3) is 3.50. The van der Waals surface area contributed by atoms with Crippen molar-refractivity contribution in [1.29, 1.82) is 0 Å². The second kappa shape index (κ2) is 6.51. The average molecular weight is 289 g/mol. The van der Waals surface area contributed by atoms with Crippen LogP contribution >= 0.6 is 0 Å². The van der Waals surface area contributed by atoms with Crippen LogP contribution in [0.4, 0.5) is 0 Å². The number of aromatic nitrogens is 2. The molecule has 2 N–H and O–H groups in total. The highest BCUT2D eigenvalue weighted by Gasteiger charge is 2.34. The zero-order valence-corrected chi connectivity index (χ0v) is 13.7. The van der Waals surface area contributed by atoms with Crippen LogP contribution in [-0.2, 0) is 6.42 Å². The number of nitrogens with zero attached hydrogens (tertiary/aromatic N) is 2. The molecule has 0 radical (unpaired) electrons. The van der Waals surface area contributed by atoms with Gasteiger partial charge in [0.2, 0.25) is 0 Å². The molecule has 1 heterocycles. The minimum absolute atomic E-state index is 0.295. The van der Waals surface area contributed by atoms with Gasteiger partial charge in [-0.3, -0.25) is 4.68 Å². The molecule has 4 unspecified atom stereocenters. The summed E-state index contributed by atoms with van der Waals surface area (Å²) in [6, 6.07) is 2.88. The first-order valence-electron chi connectivity index (χ1n) is 8.93. The quantitative estimate of drug-likeness (QED) is 0.912. The van der Waals surface area contributed by atoms with E-state index in [2.05, 4.69) is 31.2 Å². The zero-order valence-electron chi connectivity index (χ0n) is 13.7. The van der Waals surface area contributed by atoms with E-state index in [0.29, 0.717) is 18.0 Å². The molecule has 0 amide bonds.